The molecule has 2 fully saturated rings. The number of ether oxygens (including phenoxy) is 2. The summed E-state index contributed by atoms with van der Waals surface area (Å²) < 4.78 is 11.0. The lowest BCUT2D eigenvalue weighted by molar-refractivity contribution is -0.0261. The van der Waals surface area contributed by atoms with Crippen molar-refractivity contribution in [3.63, 3.8) is 0 Å². The van der Waals surface area contributed by atoms with Gasteiger partial charge in [0.15, 0.2) is 0 Å². The van der Waals surface area contributed by atoms with Gasteiger partial charge in [0.05, 0.1) is 19.3 Å². The Morgan fingerprint density at radius 1 is 1.05 bits per heavy atom. The molecule has 3 unspecified atom stereocenters. The van der Waals surface area contributed by atoms with Gasteiger partial charge in [0, 0.05) is 20.2 Å². The normalized spacial score (nSPS) is 33.5. The lowest BCUT2D eigenvalue weighted by Gasteiger charge is -2.38. The van der Waals surface area contributed by atoms with E-state index in [1.54, 1.807) is 7.11 Å². The van der Waals surface area contributed by atoms with Crippen LogP contribution in [0.3, 0.4) is 0 Å². The molecule has 0 amide bonds. The molecule has 1 heterocycles. The molecule has 0 aromatic rings. The summed E-state index contributed by atoms with van der Waals surface area (Å²) in [5, 5.41) is 0. The SMILES string of the molecule is COCCOC1CCCN(CC2CCCCC2C)C1. The van der Waals surface area contributed by atoms with Gasteiger partial charge in [0.1, 0.15) is 0 Å². The van der Waals surface area contributed by atoms with Gasteiger partial charge in [-0.15, -0.1) is 0 Å². The molecule has 3 heteroatoms. The van der Waals surface area contributed by atoms with Gasteiger partial charge in [-0.3, -0.25) is 0 Å². The lowest BCUT2D eigenvalue weighted by atomic mass is 9.80. The van der Waals surface area contributed by atoms with Crippen molar-refractivity contribution in [1.82, 2.24) is 4.90 Å². The van der Waals surface area contributed by atoms with E-state index in [2.05, 4.69) is 11.8 Å². The summed E-state index contributed by atoms with van der Waals surface area (Å²) in [5.41, 5.74) is 0. The zero-order valence-corrected chi connectivity index (χ0v) is 12.8. The molecule has 3 atom stereocenters. The van der Waals surface area contributed by atoms with Gasteiger partial charge in [-0.1, -0.05) is 26.2 Å². The molecule has 0 bridgehead atoms. The molecule has 0 aromatic heterocycles. The van der Waals surface area contributed by atoms with Crippen LogP contribution in [-0.2, 0) is 9.47 Å². The van der Waals surface area contributed by atoms with E-state index in [-0.39, 0.29) is 0 Å². The van der Waals surface area contributed by atoms with Crippen molar-refractivity contribution >= 4 is 0 Å². The summed E-state index contributed by atoms with van der Waals surface area (Å²) in [6, 6.07) is 0. The average Bonchev–Trinajstić information content (AvgIpc) is 2.42. The second-order valence-electron chi connectivity index (χ2n) is 6.41. The number of hydrogen-bond acceptors (Lipinski definition) is 3. The van der Waals surface area contributed by atoms with Crippen LogP contribution in [0, 0.1) is 11.8 Å². The highest BCUT2D eigenvalue weighted by atomic mass is 16.5. The second kappa shape index (κ2) is 8.23. The first-order chi connectivity index (χ1) is 9.29. The Morgan fingerprint density at radius 3 is 2.68 bits per heavy atom. The standard InChI is InChI=1S/C16H31NO2/c1-14-6-3-4-7-15(14)12-17-9-5-8-16(13-17)19-11-10-18-2/h14-16H,3-13H2,1-2H3. The summed E-state index contributed by atoms with van der Waals surface area (Å²) in [7, 11) is 1.74. The summed E-state index contributed by atoms with van der Waals surface area (Å²) in [5.74, 6) is 1.84. The highest BCUT2D eigenvalue weighted by Gasteiger charge is 2.26. The van der Waals surface area contributed by atoms with E-state index in [1.807, 2.05) is 0 Å². The van der Waals surface area contributed by atoms with E-state index in [1.165, 1.54) is 51.6 Å². The smallest absolute Gasteiger partial charge is 0.0704 e. The van der Waals surface area contributed by atoms with Crippen LogP contribution >= 0.6 is 0 Å². The monoisotopic (exact) mass is 269 g/mol. The zero-order chi connectivity index (χ0) is 13.5. The van der Waals surface area contributed by atoms with Crippen LogP contribution in [0.25, 0.3) is 0 Å². The first-order valence-corrected chi connectivity index (χ1v) is 8.12. The Kier molecular flexibility index (Phi) is 6.62. The van der Waals surface area contributed by atoms with Crippen LogP contribution in [0.4, 0.5) is 0 Å². The summed E-state index contributed by atoms with van der Waals surface area (Å²) >= 11 is 0. The fourth-order valence-electron chi connectivity index (χ4n) is 3.61. The third kappa shape index (κ3) is 5.05. The number of hydrogen-bond donors (Lipinski definition) is 0. The summed E-state index contributed by atoms with van der Waals surface area (Å²) in [6.07, 6.45) is 8.71. The number of methoxy groups -OCH3 is 1. The predicted molar refractivity (Wildman–Crippen MR) is 78.4 cm³/mol. The van der Waals surface area contributed by atoms with E-state index >= 15 is 0 Å². The van der Waals surface area contributed by atoms with Crippen molar-refractivity contribution in [1.29, 1.82) is 0 Å². The molecular weight excluding hydrogens is 238 g/mol. The molecule has 2 rings (SSSR count). The van der Waals surface area contributed by atoms with Crippen molar-refractivity contribution in [2.45, 2.75) is 51.6 Å². The molecular formula is C16H31NO2. The van der Waals surface area contributed by atoms with Gasteiger partial charge in [0.2, 0.25) is 0 Å². The van der Waals surface area contributed by atoms with Crippen molar-refractivity contribution < 1.29 is 9.47 Å². The highest BCUT2D eigenvalue weighted by Crippen LogP contribution is 2.30. The Morgan fingerprint density at radius 2 is 1.89 bits per heavy atom. The van der Waals surface area contributed by atoms with Crippen LogP contribution in [0.15, 0.2) is 0 Å². The molecule has 112 valence electrons. The molecule has 0 N–H and O–H groups in total. The maximum absolute atomic E-state index is 5.90. The Balaban J connectivity index is 1.70. The first kappa shape index (κ1) is 15.3. The minimum absolute atomic E-state index is 0.433. The zero-order valence-electron chi connectivity index (χ0n) is 12.8. The minimum atomic E-state index is 0.433. The van der Waals surface area contributed by atoms with E-state index in [4.69, 9.17) is 9.47 Å². The van der Waals surface area contributed by atoms with Gasteiger partial charge in [-0.05, 0) is 37.6 Å². The van der Waals surface area contributed by atoms with Crippen LogP contribution < -0.4 is 0 Å². The van der Waals surface area contributed by atoms with Crippen LogP contribution in [0.2, 0.25) is 0 Å². The van der Waals surface area contributed by atoms with E-state index in [0.717, 1.165) is 31.6 Å². The quantitative estimate of drug-likeness (QED) is 0.692. The van der Waals surface area contributed by atoms with Gasteiger partial charge in [-0.25, -0.2) is 0 Å². The first-order valence-electron chi connectivity index (χ1n) is 8.12. The summed E-state index contributed by atoms with van der Waals surface area (Å²) in [6.45, 7) is 7.61. The lowest BCUT2D eigenvalue weighted by Crippen LogP contribution is -2.43. The van der Waals surface area contributed by atoms with Crippen molar-refractivity contribution in [3.05, 3.63) is 0 Å². The number of rotatable bonds is 6. The van der Waals surface area contributed by atoms with Crippen molar-refractivity contribution in [2.24, 2.45) is 11.8 Å². The number of piperidine rings is 1. The maximum Gasteiger partial charge on any atom is 0.0704 e. The largest absolute Gasteiger partial charge is 0.382 e. The molecule has 1 saturated carbocycles. The van der Waals surface area contributed by atoms with Gasteiger partial charge in [-0.2, -0.15) is 0 Å². The average molecular weight is 269 g/mol. The number of likely N-dealkylation sites (tertiary alicyclic amines) is 1. The molecule has 3 nitrogen and oxygen atoms in total. The van der Waals surface area contributed by atoms with Crippen LogP contribution in [-0.4, -0.2) is 51.0 Å². The van der Waals surface area contributed by atoms with E-state index in [0.29, 0.717) is 6.10 Å². The van der Waals surface area contributed by atoms with Crippen molar-refractivity contribution in [2.75, 3.05) is 40.0 Å². The fraction of sp³-hybridized carbons (Fsp3) is 1.00. The molecule has 1 saturated heterocycles. The van der Waals surface area contributed by atoms with Gasteiger partial charge >= 0.3 is 0 Å². The van der Waals surface area contributed by atoms with Crippen LogP contribution in [0.5, 0.6) is 0 Å². The molecule has 1 aliphatic carbocycles. The molecule has 0 spiro atoms. The second-order valence-corrected chi connectivity index (χ2v) is 6.41. The van der Waals surface area contributed by atoms with E-state index in [9.17, 15) is 0 Å². The molecule has 19 heavy (non-hydrogen) atoms. The Bertz CT molecular complexity index is 247. The van der Waals surface area contributed by atoms with Gasteiger partial charge < -0.3 is 14.4 Å². The molecule has 1 aliphatic heterocycles. The number of nitrogens with zero attached hydrogens (tertiary/aromatic N) is 1. The van der Waals surface area contributed by atoms with Crippen molar-refractivity contribution in [3.8, 4) is 0 Å². The Hall–Kier alpha value is -0.120. The summed E-state index contributed by atoms with van der Waals surface area (Å²) in [4.78, 5) is 2.65. The third-order valence-electron chi connectivity index (χ3n) is 4.89. The Labute approximate surface area is 118 Å². The fourth-order valence-corrected chi connectivity index (χ4v) is 3.61. The minimum Gasteiger partial charge on any atom is -0.382 e. The predicted octanol–water partition coefficient (Wildman–Crippen LogP) is 2.94. The van der Waals surface area contributed by atoms with Crippen LogP contribution in [0.1, 0.15) is 45.4 Å². The third-order valence-corrected chi connectivity index (χ3v) is 4.89. The molecule has 2 aliphatic rings. The van der Waals surface area contributed by atoms with E-state index < -0.39 is 0 Å². The topological polar surface area (TPSA) is 21.7 Å². The molecule has 0 radical (unpaired) electrons. The van der Waals surface area contributed by atoms with Gasteiger partial charge in [0.25, 0.3) is 0 Å². The highest BCUT2D eigenvalue weighted by molar-refractivity contribution is 4.79. The molecule has 0 aromatic carbocycles. The maximum atomic E-state index is 5.90.